The van der Waals surface area contributed by atoms with Crippen molar-refractivity contribution in [3.63, 3.8) is 0 Å². The van der Waals surface area contributed by atoms with E-state index in [0.29, 0.717) is 5.56 Å². The Hall–Kier alpha value is -0.870. The molecular formula is C14H13BrNO2. The third-order valence-electron chi connectivity index (χ3n) is 2.70. The predicted octanol–water partition coefficient (Wildman–Crippen LogP) is 1.95. The summed E-state index contributed by atoms with van der Waals surface area (Å²) < 4.78 is 0.738. The molecule has 0 bridgehead atoms. The number of benzene rings is 1. The van der Waals surface area contributed by atoms with Crippen molar-refractivity contribution in [2.75, 3.05) is 6.61 Å². The Morgan fingerprint density at radius 1 is 1.28 bits per heavy atom. The molecule has 1 aromatic carbocycles. The molecule has 3 nitrogen and oxygen atoms in total. The van der Waals surface area contributed by atoms with Gasteiger partial charge in [0.2, 0.25) is 0 Å². The Morgan fingerprint density at radius 2 is 1.94 bits per heavy atom. The zero-order chi connectivity index (χ0) is 13.0. The van der Waals surface area contributed by atoms with Crippen LogP contribution in [0.3, 0.4) is 0 Å². The minimum atomic E-state index is -0.375. The van der Waals surface area contributed by atoms with Crippen molar-refractivity contribution in [2.45, 2.75) is 6.04 Å². The van der Waals surface area contributed by atoms with Gasteiger partial charge in [0.05, 0.1) is 18.2 Å². The van der Waals surface area contributed by atoms with E-state index in [2.05, 4.69) is 21.2 Å². The van der Waals surface area contributed by atoms with Gasteiger partial charge in [-0.25, -0.2) is 0 Å². The number of hydrogen-bond donors (Lipinski definition) is 2. The molecule has 1 aliphatic rings. The topological polar surface area (TPSA) is 49.3 Å². The van der Waals surface area contributed by atoms with Gasteiger partial charge in [-0.05, 0) is 53.7 Å². The Kier molecular flexibility index (Phi) is 4.78. The van der Waals surface area contributed by atoms with E-state index < -0.39 is 0 Å². The predicted molar refractivity (Wildman–Crippen MR) is 72.9 cm³/mol. The number of nitrogens with one attached hydrogen (secondary N) is 1. The average Bonchev–Trinajstić information content (AvgIpc) is 2.90. The molecule has 1 aromatic rings. The summed E-state index contributed by atoms with van der Waals surface area (Å²) in [6.07, 6.45) is 7.51. The first kappa shape index (κ1) is 13.6. The number of carbonyl (C=O) groups is 1. The lowest BCUT2D eigenvalue weighted by Crippen LogP contribution is -2.41. The smallest absolute Gasteiger partial charge is 0.252 e. The second kappa shape index (κ2) is 6.34. The van der Waals surface area contributed by atoms with E-state index in [1.54, 1.807) is 12.1 Å². The average molecular weight is 307 g/mol. The van der Waals surface area contributed by atoms with Gasteiger partial charge in [-0.2, -0.15) is 0 Å². The van der Waals surface area contributed by atoms with Gasteiger partial charge >= 0.3 is 0 Å². The molecule has 2 N–H and O–H groups in total. The molecule has 1 aliphatic carbocycles. The van der Waals surface area contributed by atoms with E-state index in [1.807, 2.05) is 37.8 Å². The van der Waals surface area contributed by atoms with Gasteiger partial charge in [0, 0.05) is 10.4 Å². The summed E-state index contributed by atoms with van der Waals surface area (Å²) in [5, 5.41) is 12.1. The molecule has 0 aromatic heterocycles. The largest absolute Gasteiger partial charge is 0.394 e. The van der Waals surface area contributed by atoms with Crippen LogP contribution in [0.15, 0.2) is 28.7 Å². The summed E-state index contributed by atoms with van der Waals surface area (Å²) in [6.45, 7) is -0.125. The normalized spacial score (nSPS) is 17.7. The molecule has 1 fully saturated rings. The summed E-state index contributed by atoms with van der Waals surface area (Å²) in [7, 11) is 0. The molecule has 0 saturated heterocycles. The molecule has 93 valence electrons. The van der Waals surface area contributed by atoms with Gasteiger partial charge in [0.25, 0.3) is 5.91 Å². The molecule has 2 rings (SSSR count). The zero-order valence-corrected chi connectivity index (χ0v) is 11.2. The first-order valence-electron chi connectivity index (χ1n) is 5.60. The number of hydrogen-bond acceptors (Lipinski definition) is 2. The zero-order valence-electron chi connectivity index (χ0n) is 9.64. The second-order valence-electron chi connectivity index (χ2n) is 3.91. The standard InChI is InChI=1S/C14H13BrNO2/c15-12-8-4-3-7-11(12)14(18)16-13(9-17)10-5-1-2-6-10/h1-8,13,17H,9H2,(H,16,18)/t13-/m1/s1. The Morgan fingerprint density at radius 3 is 2.56 bits per heavy atom. The van der Waals surface area contributed by atoms with Gasteiger partial charge in [0.1, 0.15) is 0 Å². The Bertz CT molecular complexity index is 416. The number of carbonyl (C=O) groups excluding carboxylic acids is 1. The quantitative estimate of drug-likeness (QED) is 0.893. The number of amides is 1. The van der Waals surface area contributed by atoms with Crippen molar-refractivity contribution < 1.29 is 9.90 Å². The molecule has 4 heteroatoms. The molecular weight excluding hydrogens is 294 g/mol. The fraction of sp³-hybridized carbons (Fsp3) is 0.143. The SMILES string of the molecule is O=C(N[C@H](CO)[C]1[CH][CH][CH][CH]1)c1ccccc1Br. The second-order valence-corrected chi connectivity index (χ2v) is 4.76. The maximum absolute atomic E-state index is 12.1. The molecule has 0 spiro atoms. The van der Waals surface area contributed by atoms with Crippen molar-refractivity contribution in [1.82, 2.24) is 5.32 Å². The van der Waals surface area contributed by atoms with Crippen LogP contribution in [0, 0.1) is 31.6 Å². The van der Waals surface area contributed by atoms with Crippen molar-refractivity contribution in [2.24, 2.45) is 0 Å². The van der Waals surface area contributed by atoms with E-state index >= 15 is 0 Å². The summed E-state index contributed by atoms with van der Waals surface area (Å²) in [5.74, 6) is 0.695. The minimum absolute atomic E-state index is 0.125. The van der Waals surface area contributed by atoms with Gasteiger partial charge in [-0.15, -0.1) is 0 Å². The van der Waals surface area contributed by atoms with Crippen LogP contribution in [0.2, 0.25) is 0 Å². The molecule has 1 amide bonds. The summed E-state index contributed by atoms with van der Waals surface area (Å²) in [5.41, 5.74) is 0.558. The fourth-order valence-electron chi connectivity index (χ4n) is 1.74. The maximum atomic E-state index is 12.1. The van der Waals surface area contributed by atoms with E-state index in [0.717, 1.165) is 10.4 Å². The van der Waals surface area contributed by atoms with E-state index in [1.165, 1.54) is 0 Å². The van der Waals surface area contributed by atoms with E-state index in [9.17, 15) is 9.90 Å². The van der Waals surface area contributed by atoms with Crippen LogP contribution in [-0.2, 0) is 0 Å². The third-order valence-corrected chi connectivity index (χ3v) is 3.39. The first-order chi connectivity index (χ1) is 8.72. The summed E-state index contributed by atoms with van der Waals surface area (Å²) in [6, 6.07) is 6.82. The van der Waals surface area contributed by atoms with Crippen molar-refractivity contribution >= 4 is 21.8 Å². The lowest BCUT2D eigenvalue weighted by molar-refractivity contribution is 0.0922. The van der Waals surface area contributed by atoms with Crippen LogP contribution in [-0.4, -0.2) is 23.7 Å². The third kappa shape index (κ3) is 3.12. The van der Waals surface area contributed by atoms with Gasteiger partial charge in [-0.1, -0.05) is 12.1 Å². The minimum Gasteiger partial charge on any atom is -0.394 e. The molecule has 0 unspecified atom stereocenters. The van der Waals surface area contributed by atoms with E-state index in [4.69, 9.17) is 0 Å². The number of halogens is 1. The lowest BCUT2D eigenvalue weighted by atomic mass is 9.98. The number of aliphatic hydroxyl groups excluding tert-OH is 1. The summed E-state index contributed by atoms with van der Waals surface area (Å²) >= 11 is 3.33. The van der Waals surface area contributed by atoms with Crippen LogP contribution in [0.25, 0.3) is 0 Å². The van der Waals surface area contributed by atoms with Crippen LogP contribution in [0.5, 0.6) is 0 Å². The lowest BCUT2D eigenvalue weighted by Gasteiger charge is -2.21. The summed E-state index contributed by atoms with van der Waals surface area (Å²) in [4.78, 5) is 12.1. The monoisotopic (exact) mass is 306 g/mol. The highest BCUT2D eigenvalue weighted by Crippen LogP contribution is 2.26. The maximum Gasteiger partial charge on any atom is 0.252 e. The molecule has 1 saturated carbocycles. The van der Waals surface area contributed by atoms with Gasteiger partial charge < -0.3 is 10.4 Å². The molecule has 18 heavy (non-hydrogen) atoms. The molecule has 5 radical (unpaired) electrons. The molecule has 0 aliphatic heterocycles. The van der Waals surface area contributed by atoms with Gasteiger partial charge in [0.15, 0.2) is 0 Å². The Labute approximate surface area is 116 Å². The number of rotatable bonds is 4. The van der Waals surface area contributed by atoms with E-state index in [-0.39, 0.29) is 18.6 Å². The fourth-order valence-corrected chi connectivity index (χ4v) is 2.20. The highest BCUT2D eigenvalue weighted by molar-refractivity contribution is 9.10. The first-order valence-corrected chi connectivity index (χ1v) is 6.39. The van der Waals surface area contributed by atoms with Crippen molar-refractivity contribution in [3.05, 3.63) is 65.9 Å². The van der Waals surface area contributed by atoms with Gasteiger partial charge in [-0.3, -0.25) is 4.79 Å². The molecule has 1 atom stereocenters. The molecule has 0 heterocycles. The van der Waals surface area contributed by atoms with Crippen LogP contribution < -0.4 is 5.32 Å². The van der Waals surface area contributed by atoms with Crippen molar-refractivity contribution in [3.8, 4) is 0 Å². The van der Waals surface area contributed by atoms with Crippen LogP contribution in [0.1, 0.15) is 10.4 Å². The Balaban J connectivity index is 2.03. The van der Waals surface area contributed by atoms with Crippen LogP contribution >= 0.6 is 15.9 Å². The van der Waals surface area contributed by atoms with Crippen LogP contribution in [0.4, 0.5) is 0 Å². The highest BCUT2D eigenvalue weighted by atomic mass is 79.9. The highest BCUT2D eigenvalue weighted by Gasteiger charge is 2.27. The number of aliphatic hydroxyl groups is 1. The van der Waals surface area contributed by atoms with Crippen molar-refractivity contribution in [1.29, 1.82) is 0 Å².